The van der Waals surface area contributed by atoms with Gasteiger partial charge in [-0.05, 0) is 50.2 Å². The lowest BCUT2D eigenvalue weighted by molar-refractivity contribution is -0.117. The molecule has 0 unspecified atom stereocenters. The summed E-state index contributed by atoms with van der Waals surface area (Å²) in [4.78, 5) is 18.6. The molecule has 1 amide bonds. The lowest BCUT2D eigenvalue weighted by Gasteiger charge is -2.15. The number of rotatable bonds is 5. The van der Waals surface area contributed by atoms with Gasteiger partial charge in [-0.2, -0.15) is 0 Å². The monoisotopic (exact) mass is 323 g/mol. The first-order chi connectivity index (χ1) is 11.5. The number of oxazole rings is 1. The average Bonchev–Trinajstić information content (AvgIpc) is 2.92. The second kappa shape index (κ2) is 6.84. The minimum absolute atomic E-state index is 0.0534. The van der Waals surface area contributed by atoms with E-state index in [4.69, 9.17) is 4.42 Å². The van der Waals surface area contributed by atoms with E-state index in [2.05, 4.69) is 10.3 Å². The molecule has 3 aromatic rings. The number of benzene rings is 2. The highest BCUT2D eigenvalue weighted by Gasteiger charge is 2.12. The van der Waals surface area contributed by atoms with E-state index in [9.17, 15) is 4.79 Å². The Balaban J connectivity index is 1.60. The molecule has 1 N–H and O–H groups in total. The molecule has 0 spiro atoms. The second-order valence-electron chi connectivity index (χ2n) is 6.11. The molecule has 0 saturated heterocycles. The first kappa shape index (κ1) is 16.2. The number of carbonyl (C=O) groups excluding carboxylic acids is 1. The molecule has 24 heavy (non-hydrogen) atoms. The Morgan fingerprint density at radius 1 is 1.21 bits per heavy atom. The van der Waals surface area contributed by atoms with Crippen LogP contribution in [-0.4, -0.2) is 29.4 Å². The van der Waals surface area contributed by atoms with Crippen LogP contribution in [0.15, 0.2) is 46.9 Å². The van der Waals surface area contributed by atoms with Crippen LogP contribution in [0.3, 0.4) is 0 Å². The molecule has 5 nitrogen and oxygen atoms in total. The summed E-state index contributed by atoms with van der Waals surface area (Å²) in [5.41, 5.74) is 4.63. The van der Waals surface area contributed by atoms with Crippen molar-refractivity contribution in [3.05, 3.63) is 59.5 Å². The molecule has 2 aromatic carbocycles. The van der Waals surface area contributed by atoms with Gasteiger partial charge in [-0.3, -0.25) is 9.69 Å². The van der Waals surface area contributed by atoms with Crippen molar-refractivity contribution < 1.29 is 9.21 Å². The Kier molecular flexibility index (Phi) is 4.62. The van der Waals surface area contributed by atoms with E-state index < -0.39 is 0 Å². The molecule has 0 bridgehead atoms. The Morgan fingerprint density at radius 3 is 2.79 bits per heavy atom. The summed E-state index contributed by atoms with van der Waals surface area (Å²) in [5.74, 6) is 0.556. The number of para-hydroxylation sites is 2. The third kappa shape index (κ3) is 3.81. The highest BCUT2D eigenvalue weighted by molar-refractivity contribution is 5.93. The summed E-state index contributed by atoms with van der Waals surface area (Å²) in [6.45, 7) is 4.74. The van der Waals surface area contributed by atoms with Crippen molar-refractivity contribution in [1.82, 2.24) is 9.88 Å². The van der Waals surface area contributed by atoms with Gasteiger partial charge in [0.25, 0.3) is 0 Å². The van der Waals surface area contributed by atoms with Gasteiger partial charge >= 0.3 is 0 Å². The summed E-state index contributed by atoms with van der Waals surface area (Å²) in [6, 6.07) is 13.7. The standard InChI is InChI=1S/C19H21N3O2/c1-13-8-9-14(2)16(10-13)20-18(23)11-22(3)12-19-21-15-6-4-5-7-17(15)24-19/h4-10H,11-12H2,1-3H3,(H,20,23). The summed E-state index contributed by atoms with van der Waals surface area (Å²) >= 11 is 0. The minimum atomic E-state index is -0.0534. The van der Waals surface area contributed by atoms with Crippen LogP contribution in [-0.2, 0) is 11.3 Å². The average molecular weight is 323 g/mol. The quantitative estimate of drug-likeness (QED) is 0.780. The molecule has 0 radical (unpaired) electrons. The van der Waals surface area contributed by atoms with Crippen LogP contribution in [0.25, 0.3) is 11.1 Å². The summed E-state index contributed by atoms with van der Waals surface area (Å²) in [5, 5.41) is 2.96. The highest BCUT2D eigenvalue weighted by Crippen LogP contribution is 2.17. The summed E-state index contributed by atoms with van der Waals surface area (Å²) in [7, 11) is 1.87. The van der Waals surface area contributed by atoms with Crippen LogP contribution in [0.5, 0.6) is 0 Å². The highest BCUT2D eigenvalue weighted by atomic mass is 16.3. The van der Waals surface area contributed by atoms with Crippen LogP contribution in [0.1, 0.15) is 17.0 Å². The number of fused-ring (bicyclic) bond motifs is 1. The number of nitrogens with one attached hydrogen (secondary N) is 1. The maximum absolute atomic E-state index is 12.2. The molecular weight excluding hydrogens is 302 g/mol. The number of hydrogen-bond acceptors (Lipinski definition) is 4. The fourth-order valence-electron chi connectivity index (χ4n) is 2.58. The van der Waals surface area contributed by atoms with Crippen LogP contribution in [0.4, 0.5) is 5.69 Å². The van der Waals surface area contributed by atoms with Crippen LogP contribution >= 0.6 is 0 Å². The van der Waals surface area contributed by atoms with E-state index >= 15 is 0 Å². The zero-order chi connectivity index (χ0) is 17.1. The fourth-order valence-corrected chi connectivity index (χ4v) is 2.58. The Bertz CT molecular complexity index is 837. The Morgan fingerprint density at radius 2 is 2.00 bits per heavy atom. The third-order valence-corrected chi connectivity index (χ3v) is 3.82. The molecule has 0 fully saturated rings. The predicted molar refractivity (Wildman–Crippen MR) is 94.9 cm³/mol. The third-order valence-electron chi connectivity index (χ3n) is 3.82. The van der Waals surface area contributed by atoms with Crippen molar-refractivity contribution in [2.75, 3.05) is 18.9 Å². The number of aromatic nitrogens is 1. The van der Waals surface area contributed by atoms with Crippen molar-refractivity contribution in [1.29, 1.82) is 0 Å². The van der Waals surface area contributed by atoms with Gasteiger partial charge < -0.3 is 9.73 Å². The fraction of sp³-hybridized carbons (Fsp3) is 0.263. The number of carbonyl (C=O) groups is 1. The van der Waals surface area contributed by atoms with Crippen molar-refractivity contribution in [3.8, 4) is 0 Å². The van der Waals surface area contributed by atoms with Gasteiger partial charge in [0.15, 0.2) is 5.58 Å². The van der Waals surface area contributed by atoms with E-state index in [1.807, 2.05) is 68.3 Å². The largest absolute Gasteiger partial charge is 0.439 e. The van der Waals surface area contributed by atoms with E-state index in [1.165, 1.54) is 0 Å². The van der Waals surface area contributed by atoms with Crippen LogP contribution in [0.2, 0.25) is 0 Å². The number of aryl methyl sites for hydroxylation is 2. The molecular formula is C19H21N3O2. The smallest absolute Gasteiger partial charge is 0.238 e. The first-order valence-corrected chi connectivity index (χ1v) is 7.91. The molecule has 0 aliphatic rings. The van der Waals surface area contributed by atoms with Gasteiger partial charge in [-0.25, -0.2) is 4.98 Å². The summed E-state index contributed by atoms with van der Waals surface area (Å²) in [6.07, 6.45) is 0. The Labute approximate surface area is 141 Å². The van der Waals surface area contributed by atoms with Crippen molar-refractivity contribution >= 4 is 22.7 Å². The Hall–Kier alpha value is -2.66. The van der Waals surface area contributed by atoms with Gasteiger partial charge in [-0.1, -0.05) is 24.3 Å². The topological polar surface area (TPSA) is 58.4 Å². The van der Waals surface area contributed by atoms with Gasteiger partial charge in [-0.15, -0.1) is 0 Å². The number of nitrogens with zero attached hydrogens (tertiary/aromatic N) is 2. The van der Waals surface area contributed by atoms with Crippen LogP contribution < -0.4 is 5.32 Å². The second-order valence-corrected chi connectivity index (χ2v) is 6.11. The number of likely N-dealkylation sites (N-methyl/N-ethyl adjacent to an activating group) is 1. The lowest BCUT2D eigenvalue weighted by Crippen LogP contribution is -2.30. The van der Waals surface area contributed by atoms with Crippen molar-refractivity contribution in [2.24, 2.45) is 0 Å². The van der Waals surface area contributed by atoms with Crippen molar-refractivity contribution in [2.45, 2.75) is 20.4 Å². The molecule has 0 saturated carbocycles. The van der Waals surface area contributed by atoms with Gasteiger partial charge in [0, 0.05) is 5.69 Å². The first-order valence-electron chi connectivity index (χ1n) is 7.91. The summed E-state index contributed by atoms with van der Waals surface area (Å²) < 4.78 is 5.69. The molecule has 0 aliphatic carbocycles. The molecule has 5 heteroatoms. The molecule has 3 rings (SSSR count). The maximum atomic E-state index is 12.2. The maximum Gasteiger partial charge on any atom is 0.238 e. The van der Waals surface area contributed by atoms with E-state index in [0.29, 0.717) is 12.4 Å². The molecule has 124 valence electrons. The van der Waals surface area contributed by atoms with Gasteiger partial charge in [0.2, 0.25) is 11.8 Å². The lowest BCUT2D eigenvalue weighted by atomic mass is 10.1. The molecule has 0 atom stereocenters. The van der Waals surface area contributed by atoms with Crippen molar-refractivity contribution in [3.63, 3.8) is 0 Å². The van der Waals surface area contributed by atoms with E-state index in [1.54, 1.807) is 0 Å². The van der Waals surface area contributed by atoms with Crippen LogP contribution in [0, 0.1) is 13.8 Å². The van der Waals surface area contributed by atoms with E-state index in [-0.39, 0.29) is 12.5 Å². The normalized spacial score (nSPS) is 11.2. The number of hydrogen-bond donors (Lipinski definition) is 1. The molecule has 0 aliphatic heterocycles. The minimum Gasteiger partial charge on any atom is -0.439 e. The number of amides is 1. The number of anilines is 1. The zero-order valence-electron chi connectivity index (χ0n) is 14.2. The van der Waals surface area contributed by atoms with Gasteiger partial charge in [0.1, 0.15) is 5.52 Å². The van der Waals surface area contributed by atoms with Gasteiger partial charge in [0.05, 0.1) is 13.1 Å². The predicted octanol–water partition coefficient (Wildman–Crippen LogP) is 3.52. The zero-order valence-corrected chi connectivity index (χ0v) is 14.2. The van der Waals surface area contributed by atoms with E-state index in [0.717, 1.165) is 27.9 Å². The molecule has 1 heterocycles. The molecule has 1 aromatic heterocycles. The SMILES string of the molecule is Cc1ccc(C)c(NC(=O)CN(C)Cc2nc3ccccc3o2)c1.